The lowest BCUT2D eigenvalue weighted by Crippen LogP contribution is -2.00. The lowest BCUT2D eigenvalue weighted by atomic mass is 9.94. The lowest BCUT2D eigenvalue weighted by molar-refractivity contribution is 0.668. The number of nitrogens with zero attached hydrogens (tertiary/aromatic N) is 3. The van der Waals surface area contributed by atoms with Gasteiger partial charge in [0.1, 0.15) is 22.3 Å². The van der Waals surface area contributed by atoms with Crippen LogP contribution in [0.25, 0.3) is 123 Å². The summed E-state index contributed by atoms with van der Waals surface area (Å²) >= 11 is 0. The first-order chi connectivity index (χ1) is 30.7. The smallest absolute Gasteiger partial charge is 0.164 e. The molecule has 9 aromatic carbocycles. The van der Waals surface area contributed by atoms with Crippen molar-refractivity contribution in [2.24, 2.45) is 0 Å². The Morgan fingerprint density at radius 3 is 1.35 bits per heavy atom. The van der Waals surface area contributed by atoms with E-state index in [4.69, 9.17) is 23.8 Å². The number of furan rings is 2. The Hall–Kier alpha value is -8.41. The fraction of sp³-hybridized carbons (Fsp3) is 0. The standard InChI is InChI=1S/C57H35N3O2/c1-4-14-36(15-5-1)42-32-43(37-16-6-2-7-17-37)34-44(33-42)57-59-55(39-18-8-3-9-19-39)58-56(60-57)40-26-24-38(25-27-40)45-30-31-46(54-53(45)49-21-11-13-23-51(49)62-54)41-28-29-48-47-20-10-12-22-50(47)61-52(48)35-41/h1-35H. The van der Waals surface area contributed by atoms with Gasteiger partial charge in [0.25, 0.3) is 0 Å². The van der Waals surface area contributed by atoms with Crippen molar-refractivity contribution in [1.82, 2.24) is 15.0 Å². The van der Waals surface area contributed by atoms with Crippen LogP contribution in [0.3, 0.4) is 0 Å². The monoisotopic (exact) mass is 793 g/mol. The van der Waals surface area contributed by atoms with Gasteiger partial charge in [-0.3, -0.25) is 0 Å². The molecule has 0 amide bonds. The third-order valence-electron chi connectivity index (χ3n) is 11.7. The molecule has 290 valence electrons. The van der Waals surface area contributed by atoms with Gasteiger partial charge in [-0.15, -0.1) is 0 Å². The maximum atomic E-state index is 6.69. The highest BCUT2D eigenvalue weighted by Gasteiger charge is 2.20. The number of para-hydroxylation sites is 2. The van der Waals surface area contributed by atoms with Crippen molar-refractivity contribution in [3.63, 3.8) is 0 Å². The first-order valence-electron chi connectivity index (χ1n) is 20.7. The summed E-state index contributed by atoms with van der Waals surface area (Å²) in [7, 11) is 0. The highest BCUT2D eigenvalue weighted by atomic mass is 16.3. The quantitative estimate of drug-likeness (QED) is 0.161. The van der Waals surface area contributed by atoms with Gasteiger partial charge in [0, 0.05) is 43.8 Å². The van der Waals surface area contributed by atoms with Gasteiger partial charge in [-0.25, -0.2) is 15.0 Å². The van der Waals surface area contributed by atoms with Crippen LogP contribution in [-0.4, -0.2) is 15.0 Å². The summed E-state index contributed by atoms with van der Waals surface area (Å²) in [6.45, 7) is 0. The zero-order chi connectivity index (χ0) is 41.0. The third kappa shape index (κ3) is 6.23. The fourth-order valence-corrected chi connectivity index (χ4v) is 8.69. The van der Waals surface area contributed by atoms with Gasteiger partial charge in [0.05, 0.1) is 0 Å². The molecule has 0 radical (unpaired) electrons. The van der Waals surface area contributed by atoms with Crippen molar-refractivity contribution in [2.75, 3.05) is 0 Å². The van der Waals surface area contributed by atoms with Crippen LogP contribution in [0.15, 0.2) is 221 Å². The molecule has 3 heterocycles. The lowest BCUT2D eigenvalue weighted by Gasteiger charge is -2.13. The Morgan fingerprint density at radius 1 is 0.258 bits per heavy atom. The van der Waals surface area contributed by atoms with Crippen LogP contribution in [0.2, 0.25) is 0 Å². The van der Waals surface area contributed by atoms with Crippen LogP contribution < -0.4 is 0 Å². The average Bonchev–Trinajstić information content (AvgIpc) is 3.93. The van der Waals surface area contributed by atoms with E-state index in [0.29, 0.717) is 17.5 Å². The summed E-state index contributed by atoms with van der Waals surface area (Å²) < 4.78 is 13.0. The highest BCUT2D eigenvalue weighted by molar-refractivity contribution is 6.17. The molecule has 0 N–H and O–H groups in total. The molecule has 12 aromatic rings. The maximum absolute atomic E-state index is 6.69. The molecule has 0 spiro atoms. The van der Waals surface area contributed by atoms with E-state index in [0.717, 1.165) is 105 Å². The minimum absolute atomic E-state index is 0.599. The summed E-state index contributed by atoms with van der Waals surface area (Å²) in [6, 6.07) is 73.4. The first kappa shape index (κ1) is 35.5. The molecule has 0 atom stereocenters. The van der Waals surface area contributed by atoms with E-state index in [9.17, 15) is 0 Å². The molecule has 0 saturated carbocycles. The molecule has 0 saturated heterocycles. The van der Waals surface area contributed by atoms with Crippen LogP contribution in [0.5, 0.6) is 0 Å². The van der Waals surface area contributed by atoms with Gasteiger partial charge in [-0.2, -0.15) is 0 Å². The van der Waals surface area contributed by atoms with Crippen LogP contribution in [0, 0.1) is 0 Å². The second-order valence-corrected chi connectivity index (χ2v) is 15.6. The topological polar surface area (TPSA) is 65.0 Å². The molecular weight excluding hydrogens is 759 g/mol. The van der Waals surface area contributed by atoms with E-state index in [2.05, 4.69) is 140 Å². The van der Waals surface area contributed by atoms with E-state index in [1.54, 1.807) is 0 Å². The van der Waals surface area contributed by atoms with Crippen molar-refractivity contribution < 1.29 is 8.83 Å². The summed E-state index contributed by atoms with van der Waals surface area (Å²) in [5.41, 5.74) is 14.8. The summed E-state index contributed by atoms with van der Waals surface area (Å²) in [5, 5.41) is 4.34. The molecule has 12 rings (SSSR count). The summed E-state index contributed by atoms with van der Waals surface area (Å²) in [4.78, 5) is 15.4. The molecule has 0 aliphatic heterocycles. The largest absolute Gasteiger partial charge is 0.456 e. The molecular formula is C57H35N3O2. The van der Waals surface area contributed by atoms with Crippen molar-refractivity contribution in [1.29, 1.82) is 0 Å². The first-order valence-corrected chi connectivity index (χ1v) is 20.7. The Balaban J connectivity index is 0.978. The Bertz CT molecular complexity index is 3550. The molecule has 0 bridgehead atoms. The van der Waals surface area contributed by atoms with Crippen LogP contribution >= 0.6 is 0 Å². The highest BCUT2D eigenvalue weighted by Crippen LogP contribution is 2.43. The third-order valence-corrected chi connectivity index (χ3v) is 11.7. The molecule has 0 fully saturated rings. The average molecular weight is 794 g/mol. The van der Waals surface area contributed by atoms with Gasteiger partial charge in [-0.1, -0.05) is 164 Å². The van der Waals surface area contributed by atoms with Crippen LogP contribution in [-0.2, 0) is 0 Å². The van der Waals surface area contributed by atoms with E-state index < -0.39 is 0 Å². The second-order valence-electron chi connectivity index (χ2n) is 15.6. The van der Waals surface area contributed by atoms with Crippen LogP contribution in [0.1, 0.15) is 0 Å². The SMILES string of the molecule is c1ccc(-c2cc(-c3ccccc3)cc(-c3nc(-c4ccccc4)nc(-c4ccc(-c5ccc(-c6ccc7c(c6)oc6ccccc67)c6oc7ccccc7c56)cc4)n3)c2)cc1. The van der Waals surface area contributed by atoms with Crippen molar-refractivity contribution in [2.45, 2.75) is 0 Å². The van der Waals surface area contributed by atoms with Crippen molar-refractivity contribution in [3.8, 4) is 78.7 Å². The number of hydrogen-bond acceptors (Lipinski definition) is 5. The Kier molecular flexibility index (Phi) is 8.42. The predicted molar refractivity (Wildman–Crippen MR) is 252 cm³/mol. The molecule has 0 aliphatic carbocycles. The number of rotatable bonds is 7. The van der Waals surface area contributed by atoms with E-state index in [1.165, 1.54) is 0 Å². The van der Waals surface area contributed by atoms with Gasteiger partial charge >= 0.3 is 0 Å². The normalized spacial score (nSPS) is 11.5. The molecule has 3 aromatic heterocycles. The van der Waals surface area contributed by atoms with Gasteiger partial charge in [-0.05, 0) is 87.5 Å². The second kappa shape index (κ2) is 14.7. The molecule has 5 nitrogen and oxygen atoms in total. The number of aromatic nitrogens is 3. The number of hydrogen-bond donors (Lipinski definition) is 0. The van der Waals surface area contributed by atoms with E-state index >= 15 is 0 Å². The molecule has 5 heteroatoms. The van der Waals surface area contributed by atoms with E-state index in [-0.39, 0.29) is 0 Å². The number of fused-ring (bicyclic) bond motifs is 6. The zero-order valence-electron chi connectivity index (χ0n) is 33.4. The van der Waals surface area contributed by atoms with Crippen molar-refractivity contribution >= 4 is 43.9 Å². The molecule has 0 unspecified atom stereocenters. The minimum Gasteiger partial charge on any atom is -0.456 e. The van der Waals surface area contributed by atoms with Gasteiger partial charge in [0.15, 0.2) is 17.5 Å². The summed E-state index contributed by atoms with van der Waals surface area (Å²) in [5.74, 6) is 1.82. The zero-order valence-corrected chi connectivity index (χ0v) is 33.4. The number of benzene rings is 9. The summed E-state index contributed by atoms with van der Waals surface area (Å²) in [6.07, 6.45) is 0. The van der Waals surface area contributed by atoms with Crippen LogP contribution in [0.4, 0.5) is 0 Å². The van der Waals surface area contributed by atoms with Crippen molar-refractivity contribution in [3.05, 3.63) is 212 Å². The predicted octanol–water partition coefficient (Wildman–Crippen LogP) is 15.3. The minimum atomic E-state index is 0.599. The van der Waals surface area contributed by atoms with E-state index in [1.807, 2.05) is 72.8 Å². The van der Waals surface area contributed by atoms with Gasteiger partial charge < -0.3 is 8.83 Å². The Labute approximate surface area is 357 Å². The van der Waals surface area contributed by atoms with Gasteiger partial charge in [0.2, 0.25) is 0 Å². The maximum Gasteiger partial charge on any atom is 0.164 e. The molecule has 62 heavy (non-hydrogen) atoms. The molecule has 0 aliphatic rings. The Morgan fingerprint density at radius 2 is 0.710 bits per heavy atom. The fourth-order valence-electron chi connectivity index (χ4n) is 8.69.